The second-order valence-electron chi connectivity index (χ2n) is 7.92. The number of H-pyrrole nitrogens is 1. The largest absolute Gasteiger partial charge is 0.461 e. The number of nitrogens with one attached hydrogen (secondary N) is 2. The summed E-state index contributed by atoms with van der Waals surface area (Å²) in [5.41, 5.74) is 2.66. The van der Waals surface area contributed by atoms with Gasteiger partial charge in [-0.2, -0.15) is 0 Å². The number of halogens is 2. The Kier molecular flexibility index (Phi) is 7.30. The van der Waals surface area contributed by atoms with E-state index in [0.29, 0.717) is 5.69 Å². The second-order valence-corrected chi connectivity index (χ2v) is 7.92. The van der Waals surface area contributed by atoms with Gasteiger partial charge in [-0.3, -0.25) is 0 Å². The number of anilines is 1. The Morgan fingerprint density at radius 2 is 1.90 bits per heavy atom. The molecule has 1 aromatic heterocycles. The molecule has 1 aliphatic rings. The number of amides is 2. The molecule has 6 nitrogen and oxygen atoms in total. The minimum absolute atomic E-state index is 0.00278. The molecule has 168 valence electrons. The molecule has 8 heteroatoms. The fourth-order valence-corrected chi connectivity index (χ4v) is 4.14. The molecular formula is C23H29F2N3O3. The number of aryl methyl sites for hydroxylation is 1. The summed E-state index contributed by atoms with van der Waals surface area (Å²) in [6, 6.07) is 2.61. The first-order valence-electron chi connectivity index (χ1n) is 10.7. The van der Waals surface area contributed by atoms with Gasteiger partial charge in [0, 0.05) is 24.3 Å². The lowest BCUT2D eigenvalue weighted by Gasteiger charge is -2.34. The number of aromatic amines is 1. The molecule has 0 bridgehead atoms. The molecule has 31 heavy (non-hydrogen) atoms. The Labute approximate surface area is 181 Å². The van der Waals surface area contributed by atoms with Crippen LogP contribution in [0.15, 0.2) is 18.2 Å². The van der Waals surface area contributed by atoms with Crippen molar-refractivity contribution >= 4 is 17.7 Å². The highest BCUT2D eigenvalue weighted by molar-refractivity contribution is 5.91. The molecule has 0 spiro atoms. The summed E-state index contributed by atoms with van der Waals surface area (Å²) in [5.74, 6) is -1.96. The third kappa shape index (κ3) is 5.24. The van der Waals surface area contributed by atoms with Crippen LogP contribution in [0.1, 0.15) is 66.3 Å². The predicted octanol–water partition coefficient (Wildman–Crippen LogP) is 5.45. The fraction of sp³-hybridized carbons (Fsp3) is 0.478. The molecule has 2 aromatic rings. The number of hydrogen-bond acceptors (Lipinski definition) is 3. The van der Waals surface area contributed by atoms with Crippen LogP contribution < -0.4 is 5.32 Å². The summed E-state index contributed by atoms with van der Waals surface area (Å²) < 4.78 is 32.4. The van der Waals surface area contributed by atoms with E-state index in [2.05, 4.69) is 10.3 Å². The summed E-state index contributed by atoms with van der Waals surface area (Å²) in [6.07, 6.45) is 4.85. The Morgan fingerprint density at radius 1 is 1.19 bits per heavy atom. The molecule has 1 fully saturated rings. The van der Waals surface area contributed by atoms with Crippen molar-refractivity contribution in [2.24, 2.45) is 0 Å². The molecule has 1 saturated carbocycles. The molecule has 0 unspecified atom stereocenters. The van der Waals surface area contributed by atoms with E-state index < -0.39 is 23.6 Å². The van der Waals surface area contributed by atoms with Crippen molar-refractivity contribution in [2.45, 2.75) is 65.5 Å². The van der Waals surface area contributed by atoms with Gasteiger partial charge in [0.25, 0.3) is 0 Å². The van der Waals surface area contributed by atoms with Gasteiger partial charge in [-0.1, -0.05) is 19.3 Å². The van der Waals surface area contributed by atoms with Crippen LogP contribution in [0.4, 0.5) is 19.3 Å². The van der Waals surface area contributed by atoms with Crippen LogP contribution >= 0.6 is 0 Å². The SMILES string of the molecule is CCOC(=O)c1[nH]c(C)c(CN(C(=O)Nc2ccc(F)cc2F)C2CCCCC2)c1C. The van der Waals surface area contributed by atoms with Crippen LogP contribution in [0.5, 0.6) is 0 Å². The first kappa shape index (κ1) is 22.8. The number of carbonyl (C=O) groups is 2. The van der Waals surface area contributed by atoms with Crippen molar-refractivity contribution in [1.82, 2.24) is 9.88 Å². The zero-order valence-corrected chi connectivity index (χ0v) is 18.2. The Balaban J connectivity index is 1.87. The summed E-state index contributed by atoms with van der Waals surface area (Å²) >= 11 is 0. The van der Waals surface area contributed by atoms with Gasteiger partial charge in [0.2, 0.25) is 0 Å². The van der Waals surface area contributed by atoms with Crippen LogP contribution in [-0.2, 0) is 11.3 Å². The number of nitrogens with zero attached hydrogens (tertiary/aromatic N) is 1. The summed E-state index contributed by atoms with van der Waals surface area (Å²) in [5, 5.41) is 2.59. The molecule has 1 aliphatic carbocycles. The van der Waals surface area contributed by atoms with Gasteiger partial charge < -0.3 is 19.9 Å². The van der Waals surface area contributed by atoms with Gasteiger partial charge in [0.15, 0.2) is 0 Å². The van der Waals surface area contributed by atoms with Gasteiger partial charge in [-0.05, 0) is 56.9 Å². The van der Waals surface area contributed by atoms with E-state index in [0.717, 1.165) is 61.1 Å². The number of benzene rings is 1. The minimum Gasteiger partial charge on any atom is -0.461 e. The van der Waals surface area contributed by atoms with E-state index in [1.54, 1.807) is 11.8 Å². The number of carbonyl (C=O) groups excluding carboxylic acids is 2. The molecular weight excluding hydrogens is 404 g/mol. The number of rotatable bonds is 6. The van der Waals surface area contributed by atoms with Gasteiger partial charge >= 0.3 is 12.0 Å². The molecule has 2 amide bonds. The second kappa shape index (κ2) is 9.94. The third-order valence-corrected chi connectivity index (χ3v) is 5.85. The summed E-state index contributed by atoms with van der Waals surface area (Å²) in [4.78, 5) is 30.2. The Bertz CT molecular complexity index is 952. The lowest BCUT2D eigenvalue weighted by atomic mass is 9.93. The van der Waals surface area contributed by atoms with Gasteiger partial charge in [0.05, 0.1) is 12.3 Å². The Morgan fingerprint density at radius 3 is 2.55 bits per heavy atom. The predicted molar refractivity (Wildman–Crippen MR) is 114 cm³/mol. The van der Waals surface area contributed by atoms with Crippen LogP contribution in [0.2, 0.25) is 0 Å². The third-order valence-electron chi connectivity index (χ3n) is 5.85. The maximum absolute atomic E-state index is 14.1. The van der Waals surface area contributed by atoms with Crippen LogP contribution in [0.25, 0.3) is 0 Å². The monoisotopic (exact) mass is 433 g/mol. The highest BCUT2D eigenvalue weighted by Gasteiger charge is 2.29. The number of ether oxygens (including phenoxy) is 1. The van der Waals surface area contributed by atoms with Crippen molar-refractivity contribution in [3.8, 4) is 0 Å². The van der Waals surface area contributed by atoms with Crippen molar-refractivity contribution < 1.29 is 23.1 Å². The highest BCUT2D eigenvalue weighted by Crippen LogP contribution is 2.28. The van der Waals surface area contributed by atoms with Gasteiger partial charge in [-0.15, -0.1) is 0 Å². The van der Waals surface area contributed by atoms with Crippen LogP contribution in [0.3, 0.4) is 0 Å². The molecule has 0 saturated heterocycles. The molecule has 1 heterocycles. The number of aromatic nitrogens is 1. The molecule has 0 atom stereocenters. The number of hydrogen-bond donors (Lipinski definition) is 2. The van der Waals surface area contributed by atoms with Crippen molar-refractivity contribution in [3.63, 3.8) is 0 Å². The van der Waals surface area contributed by atoms with E-state index >= 15 is 0 Å². The smallest absolute Gasteiger partial charge is 0.355 e. The average Bonchev–Trinajstić information content (AvgIpc) is 3.02. The molecule has 1 aromatic carbocycles. The number of esters is 1. The van der Waals surface area contributed by atoms with E-state index in [1.165, 1.54) is 6.07 Å². The fourth-order valence-electron chi connectivity index (χ4n) is 4.14. The lowest BCUT2D eigenvalue weighted by Crippen LogP contribution is -2.43. The quantitative estimate of drug-likeness (QED) is 0.595. The van der Waals surface area contributed by atoms with E-state index in [4.69, 9.17) is 4.74 Å². The first-order chi connectivity index (χ1) is 14.8. The van der Waals surface area contributed by atoms with E-state index in [9.17, 15) is 18.4 Å². The Hall–Kier alpha value is -2.90. The zero-order valence-electron chi connectivity index (χ0n) is 18.2. The van der Waals surface area contributed by atoms with Crippen molar-refractivity contribution in [1.29, 1.82) is 0 Å². The highest BCUT2D eigenvalue weighted by atomic mass is 19.1. The lowest BCUT2D eigenvalue weighted by molar-refractivity contribution is 0.0519. The molecule has 0 aliphatic heterocycles. The maximum atomic E-state index is 14.1. The number of urea groups is 1. The average molecular weight is 433 g/mol. The minimum atomic E-state index is -0.824. The van der Waals surface area contributed by atoms with Crippen molar-refractivity contribution in [3.05, 3.63) is 52.3 Å². The molecule has 3 rings (SSSR count). The van der Waals surface area contributed by atoms with Gasteiger partial charge in [0.1, 0.15) is 17.3 Å². The normalized spacial score (nSPS) is 14.4. The standard InChI is InChI=1S/C23H29F2N3O3/c1-4-31-22(29)21-14(2)18(15(3)26-21)13-28(17-8-6-5-7-9-17)23(30)27-20-11-10-16(24)12-19(20)25/h10-12,17,26H,4-9,13H2,1-3H3,(H,27,30). The van der Waals surface area contributed by atoms with Crippen molar-refractivity contribution in [2.75, 3.05) is 11.9 Å². The summed E-state index contributed by atoms with van der Waals surface area (Å²) in [7, 11) is 0. The topological polar surface area (TPSA) is 74.4 Å². The summed E-state index contributed by atoms with van der Waals surface area (Å²) in [6.45, 7) is 5.95. The molecule has 2 N–H and O–H groups in total. The van der Waals surface area contributed by atoms with E-state index in [-0.39, 0.29) is 24.9 Å². The van der Waals surface area contributed by atoms with Crippen LogP contribution in [0, 0.1) is 25.5 Å². The zero-order chi connectivity index (χ0) is 22.5. The van der Waals surface area contributed by atoms with Crippen LogP contribution in [-0.4, -0.2) is 34.5 Å². The van der Waals surface area contributed by atoms with Gasteiger partial charge in [-0.25, -0.2) is 18.4 Å². The first-order valence-corrected chi connectivity index (χ1v) is 10.7. The maximum Gasteiger partial charge on any atom is 0.355 e. The molecule has 0 radical (unpaired) electrons. The van der Waals surface area contributed by atoms with E-state index in [1.807, 2.05) is 13.8 Å².